The van der Waals surface area contributed by atoms with Crippen LogP contribution in [-0.4, -0.2) is 54.7 Å². The van der Waals surface area contributed by atoms with Gasteiger partial charge in [-0.15, -0.1) is 0 Å². The molecule has 3 heterocycles. The van der Waals surface area contributed by atoms with Gasteiger partial charge < -0.3 is 9.64 Å². The highest BCUT2D eigenvalue weighted by atomic mass is 16.6. The number of esters is 1. The lowest BCUT2D eigenvalue weighted by atomic mass is 9.83. The summed E-state index contributed by atoms with van der Waals surface area (Å²) in [6.45, 7) is 7.29. The van der Waals surface area contributed by atoms with Crippen molar-refractivity contribution in [3.63, 3.8) is 0 Å². The van der Waals surface area contributed by atoms with E-state index in [1.54, 1.807) is 0 Å². The van der Waals surface area contributed by atoms with Crippen molar-refractivity contribution >= 4 is 11.8 Å². The van der Waals surface area contributed by atoms with Crippen molar-refractivity contribution in [1.29, 1.82) is 0 Å². The number of carbonyl (C=O) groups excluding carboxylic acids is 1. The van der Waals surface area contributed by atoms with Crippen molar-refractivity contribution in [1.82, 2.24) is 9.88 Å². The minimum absolute atomic E-state index is 0.0883. The van der Waals surface area contributed by atoms with Crippen LogP contribution in [0.2, 0.25) is 0 Å². The van der Waals surface area contributed by atoms with E-state index in [9.17, 15) is 4.79 Å². The number of hydrogen-bond acceptors (Lipinski definition) is 5. The molecule has 136 valence electrons. The number of aromatic nitrogens is 1. The first-order valence-electron chi connectivity index (χ1n) is 9.76. The van der Waals surface area contributed by atoms with E-state index in [0.717, 1.165) is 64.2 Å². The lowest BCUT2D eigenvalue weighted by Crippen LogP contribution is -2.47. The zero-order valence-corrected chi connectivity index (χ0v) is 15.2. The van der Waals surface area contributed by atoms with Crippen LogP contribution in [-0.2, 0) is 9.53 Å². The van der Waals surface area contributed by atoms with Crippen LogP contribution in [0.25, 0.3) is 0 Å². The van der Waals surface area contributed by atoms with E-state index in [2.05, 4.69) is 27.8 Å². The molecule has 5 nitrogen and oxygen atoms in total. The second-order valence-electron chi connectivity index (χ2n) is 8.03. The van der Waals surface area contributed by atoms with Crippen LogP contribution in [0, 0.1) is 12.3 Å². The summed E-state index contributed by atoms with van der Waals surface area (Å²) in [6, 6.07) is 4.20. The van der Waals surface area contributed by atoms with Gasteiger partial charge in [0, 0.05) is 45.3 Å². The molecule has 1 aliphatic carbocycles. The van der Waals surface area contributed by atoms with Gasteiger partial charge in [-0.3, -0.25) is 9.69 Å². The summed E-state index contributed by atoms with van der Waals surface area (Å²) in [7, 11) is 0. The normalized spacial score (nSPS) is 26.4. The van der Waals surface area contributed by atoms with Gasteiger partial charge in [-0.1, -0.05) is 12.8 Å². The number of nitrogens with zero attached hydrogens (tertiary/aromatic N) is 3. The Labute approximate surface area is 150 Å². The standard InChI is InChI=1S/C20H29N3O2/c1-16-4-8-21-18(14-16)23-12-10-22(11-13-23)9-5-17-15-20(19(24)25-17)6-2-3-7-20/h4,8,14,17H,2-3,5-7,9-13,15H2,1H3. The van der Waals surface area contributed by atoms with Gasteiger partial charge in [0.05, 0.1) is 5.41 Å². The molecule has 1 spiro atoms. The molecule has 4 rings (SSSR count). The lowest BCUT2D eigenvalue weighted by Gasteiger charge is -2.35. The van der Waals surface area contributed by atoms with E-state index in [-0.39, 0.29) is 17.5 Å². The van der Waals surface area contributed by atoms with E-state index in [1.807, 2.05) is 12.3 Å². The molecule has 0 N–H and O–H groups in total. The zero-order valence-electron chi connectivity index (χ0n) is 15.2. The van der Waals surface area contributed by atoms with Gasteiger partial charge in [0.15, 0.2) is 0 Å². The van der Waals surface area contributed by atoms with Gasteiger partial charge in [-0.05, 0) is 43.9 Å². The van der Waals surface area contributed by atoms with Gasteiger partial charge in [-0.2, -0.15) is 0 Å². The second kappa shape index (κ2) is 6.94. The maximum Gasteiger partial charge on any atom is 0.312 e. The molecular weight excluding hydrogens is 314 g/mol. The summed E-state index contributed by atoms with van der Waals surface area (Å²) >= 11 is 0. The highest BCUT2D eigenvalue weighted by Crippen LogP contribution is 2.48. The summed E-state index contributed by atoms with van der Waals surface area (Å²) in [5, 5.41) is 0. The van der Waals surface area contributed by atoms with Gasteiger partial charge >= 0.3 is 5.97 Å². The molecule has 2 aliphatic heterocycles. The Morgan fingerprint density at radius 3 is 2.72 bits per heavy atom. The van der Waals surface area contributed by atoms with Crippen LogP contribution in [0.5, 0.6) is 0 Å². The molecule has 2 saturated heterocycles. The smallest absolute Gasteiger partial charge is 0.312 e. The molecular formula is C20H29N3O2. The van der Waals surface area contributed by atoms with Crippen LogP contribution >= 0.6 is 0 Å². The van der Waals surface area contributed by atoms with Crippen LogP contribution in [0.4, 0.5) is 5.82 Å². The molecule has 1 aromatic rings. The lowest BCUT2D eigenvalue weighted by molar-refractivity contribution is -0.148. The molecule has 25 heavy (non-hydrogen) atoms. The van der Waals surface area contributed by atoms with Crippen molar-refractivity contribution < 1.29 is 9.53 Å². The van der Waals surface area contributed by atoms with E-state index in [1.165, 1.54) is 18.4 Å². The molecule has 0 bridgehead atoms. The van der Waals surface area contributed by atoms with E-state index in [0.29, 0.717) is 0 Å². The fourth-order valence-electron chi connectivity index (χ4n) is 4.68. The number of ether oxygens (including phenoxy) is 1. The Hall–Kier alpha value is -1.62. The third-order valence-electron chi connectivity index (χ3n) is 6.25. The first kappa shape index (κ1) is 16.8. The highest BCUT2D eigenvalue weighted by Gasteiger charge is 2.50. The zero-order chi connectivity index (χ0) is 17.3. The maximum absolute atomic E-state index is 12.2. The minimum atomic E-state index is -0.111. The minimum Gasteiger partial charge on any atom is -0.462 e. The molecule has 0 radical (unpaired) electrons. The molecule has 3 fully saturated rings. The average molecular weight is 343 g/mol. The fraction of sp³-hybridized carbons (Fsp3) is 0.700. The SMILES string of the molecule is Cc1ccnc(N2CCN(CCC3CC4(CCCC4)C(=O)O3)CC2)c1. The number of anilines is 1. The van der Waals surface area contributed by atoms with Crippen molar-refractivity contribution in [2.45, 2.75) is 51.6 Å². The Kier molecular flexibility index (Phi) is 4.67. The quantitative estimate of drug-likeness (QED) is 0.787. The number of cyclic esters (lactones) is 1. The molecule has 0 aromatic carbocycles. The third-order valence-corrected chi connectivity index (χ3v) is 6.25. The summed E-state index contributed by atoms with van der Waals surface area (Å²) in [5.41, 5.74) is 1.15. The number of carbonyl (C=O) groups is 1. The number of pyridine rings is 1. The van der Waals surface area contributed by atoms with Crippen molar-refractivity contribution in [2.24, 2.45) is 5.41 Å². The molecule has 1 atom stereocenters. The molecule has 1 unspecified atom stereocenters. The summed E-state index contributed by atoms with van der Waals surface area (Å²) in [5.74, 6) is 1.18. The number of aryl methyl sites for hydroxylation is 1. The Morgan fingerprint density at radius 2 is 2.00 bits per heavy atom. The summed E-state index contributed by atoms with van der Waals surface area (Å²) < 4.78 is 5.71. The van der Waals surface area contributed by atoms with Crippen molar-refractivity contribution in [3.8, 4) is 0 Å². The van der Waals surface area contributed by atoms with Crippen LogP contribution in [0.1, 0.15) is 44.1 Å². The van der Waals surface area contributed by atoms with Crippen LogP contribution < -0.4 is 4.90 Å². The molecule has 3 aliphatic rings. The third kappa shape index (κ3) is 3.52. The first-order chi connectivity index (χ1) is 12.1. The Morgan fingerprint density at radius 1 is 1.24 bits per heavy atom. The van der Waals surface area contributed by atoms with E-state index in [4.69, 9.17) is 4.74 Å². The van der Waals surface area contributed by atoms with Crippen molar-refractivity contribution in [3.05, 3.63) is 23.9 Å². The second-order valence-corrected chi connectivity index (χ2v) is 8.03. The van der Waals surface area contributed by atoms with Crippen LogP contribution in [0.3, 0.4) is 0 Å². The topological polar surface area (TPSA) is 45.7 Å². The van der Waals surface area contributed by atoms with E-state index >= 15 is 0 Å². The number of rotatable bonds is 4. The van der Waals surface area contributed by atoms with Crippen LogP contribution in [0.15, 0.2) is 18.3 Å². The molecule has 5 heteroatoms. The van der Waals surface area contributed by atoms with Crippen molar-refractivity contribution in [2.75, 3.05) is 37.6 Å². The predicted molar refractivity (Wildman–Crippen MR) is 97.6 cm³/mol. The van der Waals surface area contributed by atoms with E-state index < -0.39 is 0 Å². The molecule has 0 amide bonds. The number of piperazine rings is 1. The fourth-order valence-corrected chi connectivity index (χ4v) is 4.68. The molecule has 1 saturated carbocycles. The largest absolute Gasteiger partial charge is 0.462 e. The van der Waals surface area contributed by atoms with Gasteiger partial charge in [0.2, 0.25) is 0 Å². The Bertz CT molecular complexity index is 619. The highest BCUT2D eigenvalue weighted by molar-refractivity contribution is 5.79. The summed E-state index contributed by atoms with van der Waals surface area (Å²) in [6.07, 6.45) is 8.45. The number of hydrogen-bond donors (Lipinski definition) is 0. The maximum atomic E-state index is 12.2. The first-order valence-corrected chi connectivity index (χ1v) is 9.76. The van der Waals surface area contributed by atoms with Gasteiger partial charge in [-0.25, -0.2) is 4.98 Å². The Balaban J connectivity index is 1.24. The predicted octanol–water partition coefficient (Wildman–Crippen LogP) is 2.78. The molecule has 1 aromatic heterocycles. The average Bonchev–Trinajstić information content (AvgIpc) is 3.21. The van der Waals surface area contributed by atoms with Gasteiger partial charge in [0.1, 0.15) is 11.9 Å². The monoisotopic (exact) mass is 343 g/mol. The van der Waals surface area contributed by atoms with Gasteiger partial charge in [0.25, 0.3) is 0 Å². The summed E-state index contributed by atoms with van der Waals surface area (Å²) in [4.78, 5) is 21.6.